The van der Waals surface area contributed by atoms with Gasteiger partial charge in [-0.15, -0.1) is 0 Å². The Morgan fingerprint density at radius 3 is 2.79 bits per heavy atom. The molecule has 96 valence electrons. The molecule has 0 saturated carbocycles. The second-order valence-corrected chi connectivity index (χ2v) is 4.93. The third-order valence-electron chi connectivity index (χ3n) is 2.99. The normalized spacial score (nSPS) is 12.8. The number of rotatable bonds is 2. The van der Waals surface area contributed by atoms with Crippen molar-refractivity contribution in [1.29, 1.82) is 0 Å². The molecule has 3 aromatic rings. The predicted octanol–water partition coefficient (Wildman–Crippen LogP) is 3.87. The Morgan fingerprint density at radius 1 is 1.21 bits per heavy atom. The Kier molecular flexibility index (Phi) is 3.01. The van der Waals surface area contributed by atoms with Crippen molar-refractivity contribution in [2.75, 3.05) is 0 Å². The van der Waals surface area contributed by atoms with Crippen molar-refractivity contribution in [3.63, 3.8) is 0 Å². The number of fused-ring (bicyclic) bond motifs is 1. The molecule has 0 aliphatic carbocycles. The number of furan rings is 1. The molecule has 0 radical (unpaired) electrons. The first kappa shape index (κ1) is 12.2. The molecule has 0 spiro atoms. The molecule has 1 aromatic carbocycles. The third-order valence-corrected chi connectivity index (χ3v) is 3.21. The number of hydrogen-bond acceptors (Lipinski definition) is 3. The molecule has 0 aliphatic heterocycles. The van der Waals surface area contributed by atoms with Crippen molar-refractivity contribution in [3.05, 3.63) is 64.6 Å². The van der Waals surface area contributed by atoms with Gasteiger partial charge >= 0.3 is 0 Å². The van der Waals surface area contributed by atoms with Crippen LogP contribution in [0.2, 0.25) is 5.02 Å². The van der Waals surface area contributed by atoms with Crippen LogP contribution < -0.4 is 0 Å². The standard InChI is InChI=1S/C15H12ClNO2/c1-9-2-5-13-10(6-9)7-14(19-13)15(18)12-4-3-11(16)8-17-12/h2-8,15,18H,1H3. The maximum atomic E-state index is 10.3. The molecular formula is C15H12ClNO2. The van der Waals surface area contributed by atoms with Crippen LogP contribution in [-0.2, 0) is 0 Å². The highest BCUT2D eigenvalue weighted by atomic mass is 35.5. The van der Waals surface area contributed by atoms with Crippen molar-refractivity contribution in [1.82, 2.24) is 4.98 Å². The molecule has 1 unspecified atom stereocenters. The van der Waals surface area contributed by atoms with Crippen LogP contribution >= 0.6 is 11.6 Å². The Hall–Kier alpha value is -1.84. The highest BCUT2D eigenvalue weighted by Gasteiger charge is 2.16. The van der Waals surface area contributed by atoms with Gasteiger partial charge in [0, 0.05) is 11.6 Å². The van der Waals surface area contributed by atoms with E-state index in [9.17, 15) is 5.11 Å². The lowest BCUT2D eigenvalue weighted by molar-refractivity contribution is 0.187. The summed E-state index contributed by atoms with van der Waals surface area (Å²) < 4.78 is 5.65. The molecule has 0 aliphatic rings. The van der Waals surface area contributed by atoms with Crippen LogP contribution in [0.1, 0.15) is 23.1 Å². The number of aliphatic hydroxyl groups is 1. The molecule has 3 nitrogen and oxygen atoms in total. The third kappa shape index (κ3) is 2.35. The van der Waals surface area contributed by atoms with E-state index in [1.165, 1.54) is 6.20 Å². The van der Waals surface area contributed by atoms with Crippen LogP contribution in [0.5, 0.6) is 0 Å². The Labute approximate surface area is 115 Å². The number of aliphatic hydroxyl groups excluding tert-OH is 1. The first-order valence-electron chi connectivity index (χ1n) is 5.93. The Balaban J connectivity index is 2.01. The van der Waals surface area contributed by atoms with Crippen LogP contribution in [0, 0.1) is 6.92 Å². The molecule has 2 heterocycles. The minimum absolute atomic E-state index is 0.482. The molecule has 3 rings (SSSR count). The van der Waals surface area contributed by atoms with E-state index < -0.39 is 6.10 Å². The van der Waals surface area contributed by atoms with E-state index in [0.29, 0.717) is 16.5 Å². The van der Waals surface area contributed by atoms with Crippen molar-refractivity contribution in [3.8, 4) is 0 Å². The van der Waals surface area contributed by atoms with Crippen LogP contribution in [0.4, 0.5) is 0 Å². The van der Waals surface area contributed by atoms with Gasteiger partial charge in [0.15, 0.2) is 6.10 Å². The van der Waals surface area contributed by atoms with E-state index in [1.807, 2.05) is 31.2 Å². The number of benzene rings is 1. The van der Waals surface area contributed by atoms with Crippen molar-refractivity contribution >= 4 is 22.6 Å². The summed E-state index contributed by atoms with van der Waals surface area (Å²) in [4.78, 5) is 4.10. The van der Waals surface area contributed by atoms with Crippen LogP contribution in [-0.4, -0.2) is 10.1 Å². The summed E-state index contributed by atoms with van der Waals surface area (Å²) >= 11 is 5.78. The number of halogens is 1. The average molecular weight is 274 g/mol. The summed E-state index contributed by atoms with van der Waals surface area (Å²) in [6, 6.07) is 11.1. The number of pyridine rings is 1. The summed E-state index contributed by atoms with van der Waals surface area (Å²) in [5, 5.41) is 11.8. The maximum absolute atomic E-state index is 10.3. The maximum Gasteiger partial charge on any atom is 0.153 e. The zero-order chi connectivity index (χ0) is 13.4. The topological polar surface area (TPSA) is 46.3 Å². The molecule has 1 atom stereocenters. The van der Waals surface area contributed by atoms with Gasteiger partial charge in [-0.1, -0.05) is 23.2 Å². The number of hydrogen-bond donors (Lipinski definition) is 1. The minimum Gasteiger partial charge on any atom is -0.458 e. The van der Waals surface area contributed by atoms with E-state index in [0.717, 1.165) is 16.5 Å². The lowest BCUT2D eigenvalue weighted by Crippen LogP contribution is -2.00. The zero-order valence-electron chi connectivity index (χ0n) is 10.3. The number of nitrogens with zero attached hydrogens (tertiary/aromatic N) is 1. The molecule has 4 heteroatoms. The van der Waals surface area contributed by atoms with Gasteiger partial charge in [0.05, 0.1) is 10.7 Å². The molecule has 0 bridgehead atoms. The van der Waals surface area contributed by atoms with Gasteiger partial charge in [-0.3, -0.25) is 4.98 Å². The SMILES string of the molecule is Cc1ccc2oc(C(O)c3ccc(Cl)cn3)cc2c1. The number of aromatic nitrogens is 1. The van der Waals surface area contributed by atoms with E-state index in [1.54, 1.807) is 12.1 Å². The monoisotopic (exact) mass is 273 g/mol. The Morgan fingerprint density at radius 2 is 2.05 bits per heavy atom. The number of aryl methyl sites for hydroxylation is 1. The summed E-state index contributed by atoms with van der Waals surface area (Å²) in [6.45, 7) is 2.02. The van der Waals surface area contributed by atoms with Gasteiger partial charge in [-0.05, 0) is 37.3 Å². The van der Waals surface area contributed by atoms with Crippen molar-refractivity contribution in [2.45, 2.75) is 13.0 Å². The second kappa shape index (κ2) is 4.68. The zero-order valence-corrected chi connectivity index (χ0v) is 11.1. The largest absolute Gasteiger partial charge is 0.458 e. The van der Waals surface area contributed by atoms with E-state index in [-0.39, 0.29) is 0 Å². The van der Waals surface area contributed by atoms with Crippen molar-refractivity contribution < 1.29 is 9.52 Å². The van der Waals surface area contributed by atoms with E-state index in [4.69, 9.17) is 16.0 Å². The fourth-order valence-corrected chi connectivity index (χ4v) is 2.12. The molecule has 0 saturated heterocycles. The van der Waals surface area contributed by atoms with Gasteiger partial charge in [0.2, 0.25) is 0 Å². The minimum atomic E-state index is -0.884. The van der Waals surface area contributed by atoms with Gasteiger partial charge in [-0.2, -0.15) is 0 Å². The fraction of sp³-hybridized carbons (Fsp3) is 0.133. The fourth-order valence-electron chi connectivity index (χ4n) is 2.01. The molecular weight excluding hydrogens is 262 g/mol. The first-order chi connectivity index (χ1) is 9.13. The molecule has 0 amide bonds. The van der Waals surface area contributed by atoms with Gasteiger partial charge in [0.25, 0.3) is 0 Å². The average Bonchev–Trinajstić information content (AvgIpc) is 2.81. The molecule has 2 aromatic heterocycles. The lowest BCUT2D eigenvalue weighted by Gasteiger charge is -2.06. The molecule has 19 heavy (non-hydrogen) atoms. The van der Waals surface area contributed by atoms with E-state index in [2.05, 4.69) is 4.98 Å². The van der Waals surface area contributed by atoms with Gasteiger partial charge in [0.1, 0.15) is 11.3 Å². The van der Waals surface area contributed by atoms with Crippen LogP contribution in [0.25, 0.3) is 11.0 Å². The van der Waals surface area contributed by atoms with Crippen LogP contribution in [0.15, 0.2) is 47.0 Å². The lowest BCUT2D eigenvalue weighted by atomic mass is 10.1. The highest BCUT2D eigenvalue weighted by Crippen LogP contribution is 2.28. The summed E-state index contributed by atoms with van der Waals surface area (Å²) in [5.41, 5.74) is 2.42. The molecule has 1 N–H and O–H groups in total. The first-order valence-corrected chi connectivity index (χ1v) is 6.31. The molecule has 0 fully saturated rings. The van der Waals surface area contributed by atoms with E-state index >= 15 is 0 Å². The Bertz CT molecular complexity index is 719. The van der Waals surface area contributed by atoms with Gasteiger partial charge < -0.3 is 9.52 Å². The highest BCUT2D eigenvalue weighted by molar-refractivity contribution is 6.30. The summed E-state index contributed by atoms with van der Waals surface area (Å²) in [6.07, 6.45) is 0.623. The second-order valence-electron chi connectivity index (χ2n) is 4.49. The smallest absolute Gasteiger partial charge is 0.153 e. The summed E-state index contributed by atoms with van der Waals surface area (Å²) in [5.74, 6) is 0.482. The van der Waals surface area contributed by atoms with Crippen molar-refractivity contribution in [2.24, 2.45) is 0 Å². The quantitative estimate of drug-likeness (QED) is 0.771. The van der Waals surface area contributed by atoms with Gasteiger partial charge in [-0.25, -0.2) is 0 Å². The summed E-state index contributed by atoms with van der Waals surface area (Å²) in [7, 11) is 0. The predicted molar refractivity (Wildman–Crippen MR) is 74.3 cm³/mol. The van der Waals surface area contributed by atoms with Crippen LogP contribution in [0.3, 0.4) is 0 Å².